The summed E-state index contributed by atoms with van der Waals surface area (Å²) in [6, 6.07) is 11.4. The molecule has 0 unspecified atom stereocenters. The summed E-state index contributed by atoms with van der Waals surface area (Å²) < 4.78 is 5.74. The number of ether oxygens (including phenoxy) is 1. The molecule has 0 bridgehead atoms. The first-order valence-electron chi connectivity index (χ1n) is 9.01. The predicted molar refractivity (Wildman–Crippen MR) is 114 cm³/mol. The summed E-state index contributed by atoms with van der Waals surface area (Å²) in [6.07, 6.45) is 0. The van der Waals surface area contributed by atoms with Gasteiger partial charge in [-0.1, -0.05) is 41.4 Å². The zero-order chi connectivity index (χ0) is 20.4. The fraction of sp³-hybridized carbons (Fsp3) is 0.273. The smallest absolute Gasteiger partial charge is 0.258 e. The third-order valence-electron chi connectivity index (χ3n) is 4.73. The van der Waals surface area contributed by atoms with Gasteiger partial charge in [0.25, 0.3) is 5.91 Å². The van der Waals surface area contributed by atoms with Crippen LogP contribution in [0, 0.1) is 20.8 Å². The number of pyridine rings is 1. The molecule has 146 valence electrons. The van der Waals surface area contributed by atoms with Crippen molar-refractivity contribution >= 4 is 40.0 Å². The molecular weight excluding hydrogens is 395 g/mol. The van der Waals surface area contributed by atoms with E-state index in [0.29, 0.717) is 21.3 Å². The first-order valence-corrected chi connectivity index (χ1v) is 9.76. The van der Waals surface area contributed by atoms with Crippen molar-refractivity contribution in [3.05, 3.63) is 68.8 Å². The van der Waals surface area contributed by atoms with Crippen LogP contribution < -0.4 is 10.1 Å². The normalized spacial score (nSPS) is 12.1. The van der Waals surface area contributed by atoms with Crippen LogP contribution in [0.2, 0.25) is 10.0 Å². The van der Waals surface area contributed by atoms with E-state index in [2.05, 4.69) is 36.3 Å². The number of aromatic nitrogens is 1. The average Bonchev–Trinajstić information content (AvgIpc) is 2.63. The molecule has 6 heteroatoms. The lowest BCUT2D eigenvalue weighted by Crippen LogP contribution is -2.31. The minimum absolute atomic E-state index is 0.131. The molecule has 1 atom stereocenters. The second kappa shape index (κ2) is 8.38. The Balaban J connectivity index is 1.74. The molecule has 1 aromatic heterocycles. The number of rotatable bonds is 5. The third kappa shape index (κ3) is 4.40. The molecular formula is C22H22Cl2N2O2. The van der Waals surface area contributed by atoms with Crippen LogP contribution in [0.5, 0.6) is 5.75 Å². The number of nitrogens with one attached hydrogen (secondary N) is 1. The Kier molecular flexibility index (Phi) is 6.11. The van der Waals surface area contributed by atoms with Gasteiger partial charge in [0, 0.05) is 11.1 Å². The van der Waals surface area contributed by atoms with Crippen molar-refractivity contribution in [2.45, 2.75) is 33.7 Å². The summed E-state index contributed by atoms with van der Waals surface area (Å²) in [5.41, 5.74) is 4.81. The fourth-order valence-corrected chi connectivity index (χ4v) is 3.54. The Morgan fingerprint density at radius 3 is 2.54 bits per heavy atom. The number of carbonyl (C=O) groups excluding carboxylic acids is 1. The van der Waals surface area contributed by atoms with E-state index in [9.17, 15) is 4.79 Å². The molecule has 3 rings (SSSR count). The van der Waals surface area contributed by atoms with Gasteiger partial charge in [-0.05, 0) is 62.6 Å². The Labute approximate surface area is 174 Å². The highest BCUT2D eigenvalue weighted by atomic mass is 35.5. The van der Waals surface area contributed by atoms with Crippen LogP contribution in [0.1, 0.15) is 35.3 Å². The summed E-state index contributed by atoms with van der Waals surface area (Å²) in [6.45, 7) is 7.76. The number of aryl methyl sites for hydroxylation is 3. The maximum absolute atomic E-state index is 12.4. The summed E-state index contributed by atoms with van der Waals surface area (Å²) in [7, 11) is 0. The van der Waals surface area contributed by atoms with Crippen molar-refractivity contribution in [2.24, 2.45) is 0 Å². The highest BCUT2D eigenvalue weighted by Gasteiger charge is 2.16. The molecule has 0 fully saturated rings. The van der Waals surface area contributed by atoms with Crippen molar-refractivity contribution in [2.75, 3.05) is 6.61 Å². The first-order chi connectivity index (χ1) is 13.3. The molecule has 0 saturated heterocycles. The van der Waals surface area contributed by atoms with Crippen molar-refractivity contribution < 1.29 is 9.53 Å². The number of halogens is 2. The number of carbonyl (C=O) groups is 1. The van der Waals surface area contributed by atoms with Crippen LogP contribution in [0.3, 0.4) is 0 Å². The fourth-order valence-electron chi connectivity index (χ4n) is 2.97. The summed E-state index contributed by atoms with van der Waals surface area (Å²) in [4.78, 5) is 16.9. The molecule has 1 N–H and O–H groups in total. The highest BCUT2D eigenvalue weighted by molar-refractivity contribution is 6.39. The standard InChI is InChI=1S/C22H22Cl2N2O2/c1-12-5-7-16(9-13(12)2)15(4)26-20(27)11-28-22-19(24)10-18(23)17-8-6-14(3)25-21(17)22/h5-10,15H,11H2,1-4H3,(H,26,27)/t15-/m1/s1. The van der Waals surface area contributed by atoms with Crippen LogP contribution in [0.15, 0.2) is 36.4 Å². The van der Waals surface area contributed by atoms with Gasteiger partial charge in [-0.15, -0.1) is 0 Å². The zero-order valence-electron chi connectivity index (χ0n) is 16.3. The second-order valence-electron chi connectivity index (χ2n) is 6.94. The average molecular weight is 417 g/mol. The van der Waals surface area contributed by atoms with E-state index in [1.165, 1.54) is 11.1 Å². The number of fused-ring (bicyclic) bond motifs is 1. The molecule has 0 radical (unpaired) electrons. The molecule has 4 nitrogen and oxygen atoms in total. The minimum Gasteiger partial charge on any atom is -0.480 e. The summed E-state index contributed by atoms with van der Waals surface area (Å²) >= 11 is 12.5. The van der Waals surface area contributed by atoms with Gasteiger partial charge in [0.05, 0.1) is 16.1 Å². The van der Waals surface area contributed by atoms with E-state index in [4.69, 9.17) is 27.9 Å². The van der Waals surface area contributed by atoms with Crippen LogP contribution in [0.4, 0.5) is 0 Å². The van der Waals surface area contributed by atoms with Crippen molar-refractivity contribution in [1.29, 1.82) is 0 Å². The number of hydrogen-bond acceptors (Lipinski definition) is 3. The third-order valence-corrected chi connectivity index (χ3v) is 5.33. The molecule has 1 amide bonds. The van der Waals surface area contributed by atoms with Gasteiger partial charge in [0.2, 0.25) is 0 Å². The van der Waals surface area contributed by atoms with Gasteiger partial charge in [-0.25, -0.2) is 4.98 Å². The van der Waals surface area contributed by atoms with Gasteiger partial charge in [-0.3, -0.25) is 4.79 Å². The lowest BCUT2D eigenvalue weighted by Gasteiger charge is -2.17. The topological polar surface area (TPSA) is 51.2 Å². The Hall–Kier alpha value is -2.30. The molecule has 3 aromatic rings. The van der Waals surface area contributed by atoms with Crippen LogP contribution in [-0.2, 0) is 4.79 Å². The summed E-state index contributed by atoms with van der Waals surface area (Å²) in [5.74, 6) is 0.122. The number of nitrogens with zero attached hydrogens (tertiary/aromatic N) is 1. The Morgan fingerprint density at radius 1 is 1.07 bits per heavy atom. The molecule has 28 heavy (non-hydrogen) atoms. The molecule has 0 aliphatic heterocycles. The quantitative estimate of drug-likeness (QED) is 0.578. The maximum atomic E-state index is 12.4. The molecule has 0 spiro atoms. The number of hydrogen-bond donors (Lipinski definition) is 1. The Bertz CT molecular complexity index is 1050. The SMILES string of the molecule is Cc1ccc2c(Cl)cc(Cl)c(OCC(=O)N[C@H](C)c3ccc(C)c(C)c3)c2n1. The van der Waals surface area contributed by atoms with E-state index >= 15 is 0 Å². The molecule has 0 saturated carbocycles. The van der Waals surface area contributed by atoms with Gasteiger partial charge >= 0.3 is 0 Å². The minimum atomic E-state index is -0.238. The van der Waals surface area contributed by atoms with Gasteiger partial charge < -0.3 is 10.1 Å². The lowest BCUT2D eigenvalue weighted by atomic mass is 10.0. The molecule has 0 aliphatic carbocycles. The maximum Gasteiger partial charge on any atom is 0.258 e. The van der Waals surface area contributed by atoms with E-state index in [1.807, 2.05) is 32.0 Å². The summed E-state index contributed by atoms with van der Waals surface area (Å²) in [5, 5.41) is 4.50. The monoisotopic (exact) mass is 416 g/mol. The van der Waals surface area contributed by atoms with Crippen molar-refractivity contribution in [1.82, 2.24) is 10.3 Å². The largest absolute Gasteiger partial charge is 0.480 e. The molecule has 2 aromatic carbocycles. The molecule has 1 heterocycles. The van der Waals surface area contributed by atoms with Crippen LogP contribution >= 0.6 is 23.2 Å². The van der Waals surface area contributed by atoms with Crippen LogP contribution in [0.25, 0.3) is 10.9 Å². The van der Waals surface area contributed by atoms with Gasteiger partial charge in [-0.2, -0.15) is 0 Å². The second-order valence-corrected chi connectivity index (χ2v) is 7.75. The van der Waals surface area contributed by atoms with Gasteiger partial charge in [0.15, 0.2) is 12.4 Å². The Morgan fingerprint density at radius 2 is 1.82 bits per heavy atom. The zero-order valence-corrected chi connectivity index (χ0v) is 17.8. The predicted octanol–water partition coefficient (Wildman–Crippen LogP) is 5.72. The van der Waals surface area contributed by atoms with Crippen molar-refractivity contribution in [3.8, 4) is 5.75 Å². The lowest BCUT2D eigenvalue weighted by molar-refractivity contribution is -0.123. The van der Waals surface area contributed by atoms with E-state index < -0.39 is 0 Å². The highest BCUT2D eigenvalue weighted by Crippen LogP contribution is 2.37. The van der Waals surface area contributed by atoms with E-state index in [1.54, 1.807) is 6.07 Å². The van der Waals surface area contributed by atoms with Crippen molar-refractivity contribution in [3.63, 3.8) is 0 Å². The van der Waals surface area contributed by atoms with Gasteiger partial charge in [0.1, 0.15) is 5.52 Å². The number of benzene rings is 2. The van der Waals surface area contributed by atoms with E-state index in [-0.39, 0.29) is 18.6 Å². The first kappa shape index (κ1) is 20.4. The molecule has 0 aliphatic rings. The number of amides is 1. The van der Waals surface area contributed by atoms with Crippen LogP contribution in [-0.4, -0.2) is 17.5 Å². The van der Waals surface area contributed by atoms with E-state index in [0.717, 1.165) is 16.6 Å².